The second-order valence-corrected chi connectivity index (χ2v) is 16.4. The van der Waals surface area contributed by atoms with E-state index >= 15 is 0 Å². The Balaban J connectivity index is 1.87. The number of hydrogen-bond donors (Lipinski definition) is 3. The van der Waals surface area contributed by atoms with Gasteiger partial charge >= 0.3 is 0 Å². The van der Waals surface area contributed by atoms with Gasteiger partial charge in [-0.3, -0.25) is 0 Å². The Morgan fingerprint density at radius 2 is 1.28 bits per heavy atom. The molecule has 0 heterocycles. The average Bonchev–Trinajstić information content (AvgIpc) is 2.90. The van der Waals surface area contributed by atoms with E-state index in [2.05, 4.69) is 81.4 Å². The zero-order valence-corrected chi connectivity index (χ0v) is 23.7. The SMILES string of the molecule is CC(C)(C)[Si](OCCC1(CCC(CO)(CO)CCO)CCCCC1)(c1ccccc1)c1ccccc1. The molecule has 4 nitrogen and oxygen atoms in total. The van der Waals surface area contributed by atoms with E-state index in [0.717, 1.165) is 19.3 Å². The molecule has 3 N–H and O–H groups in total. The first-order chi connectivity index (χ1) is 17.3. The summed E-state index contributed by atoms with van der Waals surface area (Å²) in [5, 5.41) is 32.2. The fourth-order valence-corrected chi connectivity index (χ4v) is 10.9. The van der Waals surface area contributed by atoms with Crippen LogP contribution in [0, 0.1) is 10.8 Å². The number of benzene rings is 2. The highest BCUT2D eigenvalue weighted by molar-refractivity contribution is 6.99. The summed E-state index contributed by atoms with van der Waals surface area (Å²) in [7, 11) is -2.57. The topological polar surface area (TPSA) is 69.9 Å². The molecule has 5 heteroatoms. The molecule has 1 aliphatic carbocycles. The predicted molar refractivity (Wildman–Crippen MR) is 151 cm³/mol. The summed E-state index contributed by atoms with van der Waals surface area (Å²) in [4.78, 5) is 0. The van der Waals surface area contributed by atoms with Crippen LogP contribution in [0.5, 0.6) is 0 Å². The Hall–Kier alpha value is -1.50. The van der Waals surface area contributed by atoms with Crippen molar-refractivity contribution in [3.8, 4) is 0 Å². The molecule has 0 aromatic heterocycles. The Kier molecular flexibility index (Phi) is 10.4. The molecular formula is C31H48O4Si. The van der Waals surface area contributed by atoms with Crippen LogP contribution in [-0.2, 0) is 4.43 Å². The van der Waals surface area contributed by atoms with E-state index in [4.69, 9.17) is 4.43 Å². The summed E-state index contributed by atoms with van der Waals surface area (Å²) in [6.07, 6.45) is 9.19. The molecule has 2 aromatic rings. The lowest BCUT2D eigenvalue weighted by atomic mass is 9.66. The van der Waals surface area contributed by atoms with Crippen LogP contribution in [-0.4, -0.2) is 50.1 Å². The van der Waals surface area contributed by atoms with Crippen LogP contribution in [0.25, 0.3) is 0 Å². The third-order valence-electron chi connectivity index (χ3n) is 8.78. The largest absolute Gasteiger partial charge is 0.407 e. The molecule has 0 spiro atoms. The lowest BCUT2D eigenvalue weighted by molar-refractivity contribution is 0.00603. The average molecular weight is 513 g/mol. The minimum atomic E-state index is -2.57. The van der Waals surface area contributed by atoms with Gasteiger partial charge in [0.25, 0.3) is 8.32 Å². The van der Waals surface area contributed by atoms with Gasteiger partial charge < -0.3 is 19.7 Å². The van der Waals surface area contributed by atoms with Crippen LogP contribution in [0.3, 0.4) is 0 Å². The molecule has 1 saturated carbocycles. The van der Waals surface area contributed by atoms with E-state index < -0.39 is 13.7 Å². The second kappa shape index (κ2) is 12.8. The van der Waals surface area contributed by atoms with Crippen LogP contribution >= 0.6 is 0 Å². The van der Waals surface area contributed by atoms with Crippen molar-refractivity contribution < 1.29 is 19.7 Å². The molecule has 3 rings (SSSR count). The monoisotopic (exact) mass is 512 g/mol. The van der Waals surface area contributed by atoms with Gasteiger partial charge in [0.1, 0.15) is 0 Å². The van der Waals surface area contributed by atoms with E-state index in [-0.39, 0.29) is 30.3 Å². The van der Waals surface area contributed by atoms with Gasteiger partial charge in [0.05, 0.1) is 13.2 Å². The second-order valence-electron chi connectivity index (χ2n) is 12.1. The Morgan fingerprint density at radius 3 is 1.72 bits per heavy atom. The van der Waals surface area contributed by atoms with E-state index in [0.29, 0.717) is 13.0 Å². The summed E-state index contributed by atoms with van der Waals surface area (Å²) < 4.78 is 7.23. The number of hydrogen-bond acceptors (Lipinski definition) is 4. The van der Waals surface area contributed by atoms with Crippen molar-refractivity contribution >= 4 is 18.7 Å². The zero-order chi connectivity index (χ0) is 26.1. The molecule has 0 unspecified atom stereocenters. The van der Waals surface area contributed by atoms with Crippen molar-refractivity contribution in [2.75, 3.05) is 26.4 Å². The van der Waals surface area contributed by atoms with E-state index in [1.807, 2.05) is 0 Å². The minimum Gasteiger partial charge on any atom is -0.407 e. The summed E-state index contributed by atoms with van der Waals surface area (Å²) in [6, 6.07) is 21.6. The molecule has 2 aromatic carbocycles. The van der Waals surface area contributed by atoms with E-state index in [1.165, 1.54) is 42.5 Å². The normalized spacial score (nSPS) is 16.7. The van der Waals surface area contributed by atoms with Gasteiger partial charge in [0.2, 0.25) is 0 Å². The van der Waals surface area contributed by atoms with E-state index in [9.17, 15) is 15.3 Å². The van der Waals surface area contributed by atoms with Crippen LogP contribution in [0.1, 0.15) is 78.6 Å². The van der Waals surface area contributed by atoms with Gasteiger partial charge in [0.15, 0.2) is 0 Å². The smallest absolute Gasteiger partial charge is 0.261 e. The zero-order valence-electron chi connectivity index (χ0n) is 22.7. The first-order valence-corrected chi connectivity index (χ1v) is 15.7. The van der Waals surface area contributed by atoms with Crippen molar-refractivity contribution in [2.24, 2.45) is 10.8 Å². The van der Waals surface area contributed by atoms with Gasteiger partial charge in [-0.2, -0.15) is 0 Å². The van der Waals surface area contributed by atoms with Crippen molar-refractivity contribution in [1.29, 1.82) is 0 Å². The molecule has 1 aliphatic rings. The van der Waals surface area contributed by atoms with Crippen molar-refractivity contribution in [3.05, 3.63) is 60.7 Å². The maximum atomic E-state index is 10.1. The molecule has 1 fully saturated rings. The van der Waals surface area contributed by atoms with Crippen molar-refractivity contribution in [2.45, 2.75) is 83.6 Å². The maximum absolute atomic E-state index is 10.1. The molecule has 200 valence electrons. The van der Waals surface area contributed by atoms with Gasteiger partial charge in [0, 0.05) is 18.6 Å². The van der Waals surface area contributed by atoms with Crippen LogP contribution in [0.4, 0.5) is 0 Å². The van der Waals surface area contributed by atoms with Gasteiger partial charge in [-0.05, 0) is 59.4 Å². The van der Waals surface area contributed by atoms with Crippen LogP contribution in [0.15, 0.2) is 60.7 Å². The Labute approximate surface area is 219 Å². The summed E-state index contributed by atoms with van der Waals surface area (Å²) in [5.74, 6) is 0. The first kappa shape index (κ1) is 29.1. The number of aliphatic hydroxyl groups excluding tert-OH is 3. The fraction of sp³-hybridized carbons (Fsp3) is 0.613. The molecule has 0 bridgehead atoms. The van der Waals surface area contributed by atoms with Crippen LogP contribution in [0.2, 0.25) is 5.04 Å². The van der Waals surface area contributed by atoms with Crippen molar-refractivity contribution in [1.82, 2.24) is 0 Å². The summed E-state index contributed by atoms with van der Waals surface area (Å²) in [6.45, 7) is 7.49. The molecule has 0 radical (unpaired) electrons. The van der Waals surface area contributed by atoms with Crippen LogP contribution < -0.4 is 10.4 Å². The van der Waals surface area contributed by atoms with Crippen molar-refractivity contribution in [3.63, 3.8) is 0 Å². The number of rotatable bonds is 13. The molecule has 0 saturated heterocycles. The maximum Gasteiger partial charge on any atom is 0.261 e. The first-order valence-electron chi connectivity index (χ1n) is 13.8. The molecule has 0 aliphatic heterocycles. The standard InChI is InChI=1S/C31H48O4Si/c1-29(2,3)36(27-13-7-4-8-14-27,28-15-9-5-10-16-28)35-24-22-30(17-11-6-12-18-30)19-20-31(25-33,26-34)21-23-32/h4-5,7-10,13-16,32-34H,6,11-12,17-26H2,1-3H3. The van der Waals surface area contributed by atoms with E-state index in [1.54, 1.807) is 0 Å². The summed E-state index contributed by atoms with van der Waals surface area (Å²) in [5.41, 5.74) is -0.438. The third kappa shape index (κ3) is 6.49. The minimum absolute atomic E-state index is 0.00884. The highest BCUT2D eigenvalue weighted by Crippen LogP contribution is 2.46. The third-order valence-corrected chi connectivity index (χ3v) is 13.8. The lowest BCUT2D eigenvalue weighted by Gasteiger charge is -2.45. The highest BCUT2D eigenvalue weighted by Gasteiger charge is 2.50. The predicted octanol–water partition coefficient (Wildman–Crippen LogP) is 5.04. The van der Waals surface area contributed by atoms with Gasteiger partial charge in [-0.1, -0.05) is 101 Å². The Bertz CT molecular complexity index is 844. The number of aliphatic hydroxyl groups is 3. The Morgan fingerprint density at radius 1 is 0.750 bits per heavy atom. The molecule has 0 amide bonds. The van der Waals surface area contributed by atoms with Gasteiger partial charge in [-0.25, -0.2) is 0 Å². The molecular weight excluding hydrogens is 464 g/mol. The highest BCUT2D eigenvalue weighted by atomic mass is 28.4. The fourth-order valence-electron chi connectivity index (χ4n) is 6.37. The van der Waals surface area contributed by atoms with Gasteiger partial charge in [-0.15, -0.1) is 0 Å². The quantitative estimate of drug-likeness (QED) is 0.329. The molecule has 0 atom stereocenters. The summed E-state index contributed by atoms with van der Waals surface area (Å²) >= 11 is 0. The lowest BCUT2D eigenvalue weighted by Crippen LogP contribution is -2.66. The molecule has 36 heavy (non-hydrogen) atoms.